The van der Waals surface area contributed by atoms with Gasteiger partial charge in [-0.2, -0.15) is 4.31 Å². The summed E-state index contributed by atoms with van der Waals surface area (Å²) in [4.78, 5) is -0.877. The van der Waals surface area contributed by atoms with Crippen LogP contribution in [-0.2, 0) is 10.0 Å². The lowest BCUT2D eigenvalue weighted by Gasteiger charge is -2.27. The molecule has 0 aromatic heterocycles. The topological polar surface area (TPSA) is 49.4 Å². The quantitative estimate of drug-likeness (QED) is 0.921. The standard InChI is InChI=1S/C13H18F2N2O2S/c1-17(9-10-5-2-3-8-16-10)20(18,19)13-11(14)6-4-7-12(13)15/h4,6-7,10,16H,2-3,5,8-9H2,1H3. The highest BCUT2D eigenvalue weighted by atomic mass is 32.2. The molecule has 20 heavy (non-hydrogen) atoms. The lowest BCUT2D eigenvalue weighted by molar-refractivity contribution is 0.335. The number of nitrogens with one attached hydrogen (secondary N) is 1. The van der Waals surface area contributed by atoms with Gasteiger partial charge in [0, 0.05) is 19.6 Å². The van der Waals surface area contributed by atoms with Gasteiger partial charge < -0.3 is 5.32 Å². The first-order valence-electron chi connectivity index (χ1n) is 6.56. The van der Waals surface area contributed by atoms with E-state index in [0.29, 0.717) is 0 Å². The molecule has 0 bridgehead atoms. The van der Waals surface area contributed by atoms with E-state index in [1.54, 1.807) is 0 Å². The van der Waals surface area contributed by atoms with Crippen molar-refractivity contribution in [1.29, 1.82) is 0 Å². The molecule has 1 N–H and O–H groups in total. The summed E-state index contributed by atoms with van der Waals surface area (Å²) < 4.78 is 52.8. The molecule has 1 aliphatic heterocycles. The van der Waals surface area contributed by atoms with Crippen molar-refractivity contribution in [2.24, 2.45) is 0 Å². The first kappa shape index (κ1) is 15.3. The molecule has 0 radical (unpaired) electrons. The minimum absolute atomic E-state index is 0.0263. The molecule has 1 unspecified atom stereocenters. The Morgan fingerprint density at radius 1 is 1.30 bits per heavy atom. The van der Waals surface area contributed by atoms with Gasteiger partial charge in [-0.15, -0.1) is 0 Å². The van der Waals surface area contributed by atoms with Crippen LogP contribution in [0.2, 0.25) is 0 Å². The third-order valence-electron chi connectivity index (χ3n) is 3.48. The van der Waals surface area contributed by atoms with Gasteiger partial charge in [0.05, 0.1) is 0 Å². The van der Waals surface area contributed by atoms with Gasteiger partial charge in [-0.1, -0.05) is 12.5 Å². The Bertz CT molecular complexity index is 551. The fourth-order valence-electron chi connectivity index (χ4n) is 2.37. The van der Waals surface area contributed by atoms with Crippen molar-refractivity contribution >= 4 is 10.0 Å². The maximum atomic E-state index is 13.6. The van der Waals surface area contributed by atoms with Gasteiger partial charge in [0.25, 0.3) is 0 Å². The van der Waals surface area contributed by atoms with Crippen LogP contribution in [0.3, 0.4) is 0 Å². The molecule has 0 aliphatic carbocycles. The minimum atomic E-state index is -4.16. The Labute approximate surface area is 117 Å². The lowest BCUT2D eigenvalue weighted by atomic mass is 10.1. The average molecular weight is 304 g/mol. The average Bonchev–Trinajstić information content (AvgIpc) is 2.39. The maximum Gasteiger partial charge on any atom is 0.248 e. The zero-order valence-corrected chi connectivity index (χ0v) is 12.1. The van der Waals surface area contributed by atoms with E-state index in [0.717, 1.165) is 48.3 Å². The molecule has 1 aromatic carbocycles. The normalized spacial score (nSPS) is 20.3. The number of halogens is 2. The number of likely N-dealkylation sites (N-methyl/N-ethyl adjacent to an activating group) is 1. The smallest absolute Gasteiger partial charge is 0.248 e. The van der Waals surface area contributed by atoms with E-state index in [1.165, 1.54) is 7.05 Å². The summed E-state index contributed by atoms with van der Waals surface area (Å²) in [6.07, 6.45) is 2.95. The predicted molar refractivity (Wildman–Crippen MR) is 71.8 cm³/mol. The molecule has 1 atom stereocenters. The molecule has 112 valence electrons. The van der Waals surface area contributed by atoms with Crippen molar-refractivity contribution in [3.05, 3.63) is 29.8 Å². The fraction of sp³-hybridized carbons (Fsp3) is 0.538. The highest BCUT2D eigenvalue weighted by molar-refractivity contribution is 7.89. The maximum absolute atomic E-state index is 13.6. The summed E-state index contributed by atoms with van der Waals surface area (Å²) in [5, 5.41) is 3.21. The Morgan fingerprint density at radius 2 is 1.95 bits per heavy atom. The third kappa shape index (κ3) is 3.16. The van der Waals surface area contributed by atoms with Crippen molar-refractivity contribution in [2.75, 3.05) is 20.1 Å². The largest absolute Gasteiger partial charge is 0.313 e. The van der Waals surface area contributed by atoms with Crippen LogP contribution in [0.1, 0.15) is 19.3 Å². The Kier molecular flexibility index (Phi) is 4.72. The second-order valence-electron chi connectivity index (χ2n) is 4.98. The second-order valence-corrected chi connectivity index (χ2v) is 6.96. The monoisotopic (exact) mass is 304 g/mol. The first-order chi connectivity index (χ1) is 9.43. The van der Waals surface area contributed by atoms with Gasteiger partial charge in [-0.3, -0.25) is 0 Å². The molecular formula is C13H18F2N2O2S. The van der Waals surface area contributed by atoms with Crippen molar-refractivity contribution in [3.8, 4) is 0 Å². The highest BCUT2D eigenvalue weighted by Gasteiger charge is 2.30. The summed E-state index contributed by atoms with van der Waals surface area (Å²) >= 11 is 0. The van der Waals surface area contributed by atoms with Gasteiger partial charge in [0.15, 0.2) is 4.90 Å². The summed E-state index contributed by atoms with van der Waals surface area (Å²) in [5.41, 5.74) is 0. The van der Waals surface area contributed by atoms with E-state index >= 15 is 0 Å². The number of hydrogen-bond acceptors (Lipinski definition) is 3. The molecule has 0 spiro atoms. The van der Waals surface area contributed by atoms with Crippen molar-refractivity contribution < 1.29 is 17.2 Å². The summed E-state index contributed by atoms with van der Waals surface area (Å²) in [6, 6.07) is 3.07. The van der Waals surface area contributed by atoms with Crippen LogP contribution in [0.15, 0.2) is 23.1 Å². The van der Waals surface area contributed by atoms with Crippen LogP contribution in [0, 0.1) is 11.6 Å². The van der Waals surface area contributed by atoms with Gasteiger partial charge >= 0.3 is 0 Å². The second kappa shape index (κ2) is 6.15. The SMILES string of the molecule is CN(CC1CCCCN1)S(=O)(=O)c1c(F)cccc1F. The third-order valence-corrected chi connectivity index (χ3v) is 5.35. The Hall–Kier alpha value is -1.05. The first-order valence-corrected chi connectivity index (χ1v) is 8.00. The summed E-state index contributed by atoms with van der Waals surface area (Å²) in [7, 11) is -2.81. The van der Waals surface area contributed by atoms with E-state index in [9.17, 15) is 17.2 Å². The molecule has 4 nitrogen and oxygen atoms in total. The van der Waals surface area contributed by atoms with Crippen LogP contribution >= 0.6 is 0 Å². The highest BCUT2D eigenvalue weighted by Crippen LogP contribution is 2.22. The van der Waals surface area contributed by atoms with Crippen LogP contribution in [0.25, 0.3) is 0 Å². The zero-order chi connectivity index (χ0) is 14.8. The Balaban J connectivity index is 2.21. The van der Waals surface area contributed by atoms with E-state index in [1.807, 2.05) is 0 Å². The molecule has 0 amide bonds. The van der Waals surface area contributed by atoms with Crippen LogP contribution in [0.5, 0.6) is 0 Å². The molecule has 1 fully saturated rings. The van der Waals surface area contributed by atoms with Crippen molar-refractivity contribution in [2.45, 2.75) is 30.2 Å². The minimum Gasteiger partial charge on any atom is -0.313 e. The van der Waals surface area contributed by atoms with E-state index in [-0.39, 0.29) is 12.6 Å². The van der Waals surface area contributed by atoms with Crippen LogP contribution < -0.4 is 5.32 Å². The molecule has 1 aliphatic rings. The van der Waals surface area contributed by atoms with Gasteiger partial charge in [0.2, 0.25) is 10.0 Å². The van der Waals surface area contributed by atoms with Crippen LogP contribution in [-0.4, -0.2) is 38.9 Å². The van der Waals surface area contributed by atoms with Gasteiger partial charge in [-0.25, -0.2) is 17.2 Å². The molecule has 7 heteroatoms. The van der Waals surface area contributed by atoms with Gasteiger partial charge in [-0.05, 0) is 31.5 Å². The lowest BCUT2D eigenvalue weighted by Crippen LogP contribution is -2.44. The molecule has 0 saturated carbocycles. The fourth-order valence-corrected chi connectivity index (χ4v) is 3.69. The Morgan fingerprint density at radius 3 is 2.50 bits per heavy atom. The van der Waals surface area contributed by atoms with Crippen molar-refractivity contribution in [3.63, 3.8) is 0 Å². The number of sulfonamides is 1. The molecule has 1 heterocycles. The summed E-state index contributed by atoms with van der Waals surface area (Å²) in [6.45, 7) is 1.04. The number of hydrogen-bond donors (Lipinski definition) is 1. The van der Waals surface area contributed by atoms with Crippen LogP contribution in [0.4, 0.5) is 8.78 Å². The van der Waals surface area contributed by atoms with E-state index in [2.05, 4.69) is 5.32 Å². The zero-order valence-electron chi connectivity index (χ0n) is 11.3. The predicted octanol–water partition coefficient (Wildman–Crippen LogP) is 1.73. The number of benzene rings is 1. The number of rotatable bonds is 4. The molecule has 1 saturated heterocycles. The van der Waals surface area contributed by atoms with Gasteiger partial charge in [0.1, 0.15) is 11.6 Å². The number of nitrogens with zero attached hydrogens (tertiary/aromatic N) is 1. The van der Waals surface area contributed by atoms with Crippen molar-refractivity contribution in [1.82, 2.24) is 9.62 Å². The number of piperidine rings is 1. The van der Waals surface area contributed by atoms with E-state index < -0.39 is 26.6 Å². The molecular weight excluding hydrogens is 286 g/mol. The summed E-state index contributed by atoms with van der Waals surface area (Å²) in [5.74, 6) is -2.12. The molecule has 2 rings (SSSR count). The van der Waals surface area contributed by atoms with E-state index in [4.69, 9.17) is 0 Å². The molecule has 1 aromatic rings.